The van der Waals surface area contributed by atoms with Gasteiger partial charge in [0.05, 0.1) is 12.0 Å². The van der Waals surface area contributed by atoms with Gasteiger partial charge < -0.3 is 10.2 Å². The molecule has 146 valence electrons. The molecule has 4 heteroatoms. The molecule has 0 aromatic heterocycles. The molecule has 0 radical (unpaired) electrons. The van der Waals surface area contributed by atoms with Gasteiger partial charge in [0.2, 0.25) is 11.8 Å². The monoisotopic (exact) mass is 376 g/mol. The van der Waals surface area contributed by atoms with Crippen LogP contribution in [0.4, 0.5) is 0 Å². The molecular formula is C24H28N2O2. The van der Waals surface area contributed by atoms with Crippen molar-refractivity contribution >= 4 is 11.8 Å². The minimum Gasteiger partial charge on any atom is -0.355 e. The predicted molar refractivity (Wildman–Crippen MR) is 112 cm³/mol. The van der Waals surface area contributed by atoms with Crippen LogP contribution in [-0.2, 0) is 9.59 Å². The fourth-order valence-electron chi connectivity index (χ4n) is 3.82. The molecule has 4 nitrogen and oxygen atoms in total. The first-order valence-corrected chi connectivity index (χ1v) is 9.88. The van der Waals surface area contributed by atoms with Gasteiger partial charge in [0.25, 0.3) is 0 Å². The second-order valence-corrected chi connectivity index (χ2v) is 7.41. The third kappa shape index (κ3) is 4.69. The quantitative estimate of drug-likeness (QED) is 0.706. The number of carbonyl (C=O) groups excluding carboxylic acids is 2. The molecule has 1 fully saturated rings. The van der Waals surface area contributed by atoms with E-state index in [9.17, 15) is 9.59 Å². The lowest BCUT2D eigenvalue weighted by Crippen LogP contribution is -2.35. The van der Waals surface area contributed by atoms with Gasteiger partial charge in [-0.1, -0.05) is 66.7 Å². The van der Waals surface area contributed by atoms with Crippen LogP contribution in [0.2, 0.25) is 0 Å². The average molecular weight is 377 g/mol. The summed E-state index contributed by atoms with van der Waals surface area (Å²) in [5.74, 6) is -0.0961. The smallest absolute Gasteiger partial charge is 0.225 e. The fourth-order valence-corrected chi connectivity index (χ4v) is 3.82. The molecule has 2 aromatic rings. The van der Waals surface area contributed by atoms with Gasteiger partial charge in [-0.3, -0.25) is 9.59 Å². The number of nitrogens with zero attached hydrogens (tertiary/aromatic N) is 1. The summed E-state index contributed by atoms with van der Waals surface area (Å²) >= 11 is 0. The number of benzene rings is 2. The molecule has 3 atom stereocenters. The Balaban J connectivity index is 1.59. The normalized spacial score (nSPS) is 18.5. The molecule has 2 amide bonds. The Hall–Kier alpha value is -2.88. The van der Waals surface area contributed by atoms with Crippen molar-refractivity contribution in [2.45, 2.75) is 31.7 Å². The van der Waals surface area contributed by atoms with Gasteiger partial charge in [-0.15, -0.1) is 6.58 Å². The molecule has 0 spiro atoms. The van der Waals surface area contributed by atoms with Crippen LogP contribution in [0.15, 0.2) is 73.3 Å². The second-order valence-electron chi connectivity index (χ2n) is 7.41. The molecule has 1 aliphatic heterocycles. The van der Waals surface area contributed by atoms with Gasteiger partial charge in [0.1, 0.15) is 0 Å². The lowest BCUT2D eigenvalue weighted by Gasteiger charge is -2.25. The van der Waals surface area contributed by atoms with E-state index in [-0.39, 0.29) is 36.1 Å². The van der Waals surface area contributed by atoms with E-state index in [1.54, 1.807) is 0 Å². The number of rotatable bonds is 8. The summed E-state index contributed by atoms with van der Waals surface area (Å²) in [5.41, 5.74) is 2.27. The maximum absolute atomic E-state index is 12.7. The van der Waals surface area contributed by atoms with Gasteiger partial charge in [-0.25, -0.2) is 0 Å². The zero-order chi connectivity index (χ0) is 19.9. The summed E-state index contributed by atoms with van der Waals surface area (Å²) in [6, 6.07) is 20.1. The third-order valence-corrected chi connectivity index (χ3v) is 5.52. The van der Waals surface area contributed by atoms with E-state index in [4.69, 9.17) is 0 Å². The fraction of sp³-hybridized carbons (Fsp3) is 0.333. The van der Waals surface area contributed by atoms with Crippen LogP contribution in [0.5, 0.6) is 0 Å². The topological polar surface area (TPSA) is 49.4 Å². The van der Waals surface area contributed by atoms with Crippen molar-refractivity contribution < 1.29 is 9.59 Å². The lowest BCUT2D eigenvalue weighted by molar-refractivity contribution is -0.130. The molecule has 3 unspecified atom stereocenters. The van der Waals surface area contributed by atoms with E-state index in [2.05, 4.69) is 24.0 Å². The second kappa shape index (κ2) is 9.36. The number of allylic oxidation sites excluding steroid dienone is 1. The lowest BCUT2D eigenvalue weighted by atomic mass is 9.95. The molecule has 2 aromatic carbocycles. The van der Waals surface area contributed by atoms with Gasteiger partial charge >= 0.3 is 0 Å². The van der Waals surface area contributed by atoms with Gasteiger partial charge in [0.15, 0.2) is 0 Å². The number of amides is 2. The molecule has 1 aliphatic rings. The first kappa shape index (κ1) is 19.9. The van der Waals surface area contributed by atoms with Crippen LogP contribution >= 0.6 is 0 Å². The summed E-state index contributed by atoms with van der Waals surface area (Å²) in [6.45, 7) is 6.87. The van der Waals surface area contributed by atoms with Gasteiger partial charge in [0, 0.05) is 25.4 Å². The highest BCUT2D eigenvalue weighted by molar-refractivity contribution is 5.89. The molecule has 0 bridgehead atoms. The highest BCUT2D eigenvalue weighted by Gasteiger charge is 2.37. The van der Waals surface area contributed by atoms with Gasteiger partial charge in [-0.05, 0) is 24.5 Å². The van der Waals surface area contributed by atoms with Crippen molar-refractivity contribution in [1.82, 2.24) is 10.2 Å². The van der Waals surface area contributed by atoms with Crippen molar-refractivity contribution in [2.75, 3.05) is 13.1 Å². The van der Waals surface area contributed by atoms with E-state index in [0.717, 1.165) is 12.0 Å². The Morgan fingerprint density at radius 3 is 2.36 bits per heavy atom. The number of nitrogens with one attached hydrogen (secondary N) is 1. The minimum atomic E-state index is -0.293. The molecule has 1 N–H and O–H groups in total. The summed E-state index contributed by atoms with van der Waals surface area (Å²) in [5, 5.41) is 3.06. The Morgan fingerprint density at radius 2 is 1.75 bits per heavy atom. The Bertz CT molecular complexity index is 804. The number of likely N-dealkylation sites (tertiary alicyclic amines) is 1. The van der Waals surface area contributed by atoms with E-state index < -0.39 is 0 Å². The van der Waals surface area contributed by atoms with Crippen LogP contribution in [0.3, 0.4) is 0 Å². The summed E-state index contributed by atoms with van der Waals surface area (Å²) in [4.78, 5) is 27.0. The highest BCUT2D eigenvalue weighted by atomic mass is 16.2. The van der Waals surface area contributed by atoms with E-state index >= 15 is 0 Å². The molecule has 3 rings (SSSR count). The Kier molecular flexibility index (Phi) is 6.64. The number of carbonyl (C=O) groups is 2. The van der Waals surface area contributed by atoms with Crippen LogP contribution in [0, 0.1) is 5.92 Å². The summed E-state index contributed by atoms with van der Waals surface area (Å²) in [6.07, 6.45) is 2.96. The van der Waals surface area contributed by atoms with Crippen molar-refractivity contribution in [1.29, 1.82) is 0 Å². The third-order valence-electron chi connectivity index (χ3n) is 5.52. The van der Waals surface area contributed by atoms with Crippen LogP contribution < -0.4 is 5.32 Å². The first-order chi connectivity index (χ1) is 13.6. The zero-order valence-corrected chi connectivity index (χ0v) is 16.4. The Morgan fingerprint density at radius 1 is 1.14 bits per heavy atom. The SMILES string of the molecule is C=CCC(CNC(=O)C1CC(=O)N(C(C)c2ccccc2)C1)c1ccccc1. The van der Waals surface area contributed by atoms with E-state index in [0.29, 0.717) is 13.1 Å². The summed E-state index contributed by atoms with van der Waals surface area (Å²) in [7, 11) is 0. The van der Waals surface area contributed by atoms with Crippen molar-refractivity contribution in [3.8, 4) is 0 Å². The molecule has 0 aliphatic carbocycles. The molecule has 1 heterocycles. The molecule has 1 saturated heterocycles. The maximum atomic E-state index is 12.7. The minimum absolute atomic E-state index is 0.0238. The number of hydrogen-bond donors (Lipinski definition) is 1. The van der Waals surface area contributed by atoms with E-state index in [1.165, 1.54) is 5.56 Å². The largest absolute Gasteiger partial charge is 0.355 e. The van der Waals surface area contributed by atoms with E-state index in [1.807, 2.05) is 66.4 Å². The number of hydrogen-bond acceptors (Lipinski definition) is 2. The average Bonchev–Trinajstić information content (AvgIpc) is 3.13. The molecule has 0 saturated carbocycles. The molecular weight excluding hydrogens is 348 g/mol. The standard InChI is InChI=1S/C24H28N2O2/c1-3-10-21(20-13-8-5-9-14-20)16-25-24(28)22-15-23(27)26(17-22)18(2)19-11-6-4-7-12-19/h3-9,11-14,18,21-22H,1,10,15-17H2,2H3,(H,25,28). The first-order valence-electron chi connectivity index (χ1n) is 9.88. The van der Waals surface area contributed by atoms with Crippen molar-refractivity contribution in [2.24, 2.45) is 5.92 Å². The van der Waals surface area contributed by atoms with Gasteiger partial charge in [-0.2, -0.15) is 0 Å². The molecule has 28 heavy (non-hydrogen) atoms. The maximum Gasteiger partial charge on any atom is 0.225 e. The summed E-state index contributed by atoms with van der Waals surface area (Å²) < 4.78 is 0. The Labute approximate surface area is 167 Å². The zero-order valence-electron chi connectivity index (χ0n) is 16.4. The van der Waals surface area contributed by atoms with Crippen molar-refractivity contribution in [3.63, 3.8) is 0 Å². The van der Waals surface area contributed by atoms with Crippen LogP contribution in [-0.4, -0.2) is 29.8 Å². The predicted octanol–water partition coefficient (Wildman–Crippen LogP) is 4.07. The highest BCUT2D eigenvalue weighted by Crippen LogP contribution is 2.28. The van der Waals surface area contributed by atoms with Crippen molar-refractivity contribution in [3.05, 3.63) is 84.4 Å². The van der Waals surface area contributed by atoms with Crippen LogP contribution in [0.1, 0.15) is 42.9 Å². The van der Waals surface area contributed by atoms with Crippen LogP contribution in [0.25, 0.3) is 0 Å².